The third kappa shape index (κ3) is 2.14. The zero-order valence-corrected chi connectivity index (χ0v) is 9.40. The highest BCUT2D eigenvalue weighted by Gasteiger charge is 2.02. The first-order chi connectivity index (χ1) is 7.69. The summed E-state index contributed by atoms with van der Waals surface area (Å²) in [6.07, 6.45) is 1.84. The first kappa shape index (κ1) is 10.5. The number of anilines is 1. The van der Waals surface area contributed by atoms with Crippen LogP contribution in [0.2, 0.25) is 0 Å². The second-order valence-electron chi connectivity index (χ2n) is 3.68. The van der Waals surface area contributed by atoms with Crippen LogP contribution in [-0.4, -0.2) is 12.1 Å². The third-order valence-electron chi connectivity index (χ3n) is 2.41. The van der Waals surface area contributed by atoms with E-state index in [0.717, 1.165) is 22.6 Å². The molecule has 0 atom stereocenters. The number of pyridine rings is 1. The molecule has 0 radical (unpaired) electrons. The lowest BCUT2D eigenvalue weighted by Gasteiger charge is -2.06. The Kier molecular flexibility index (Phi) is 2.77. The van der Waals surface area contributed by atoms with Crippen LogP contribution in [0.5, 0.6) is 5.75 Å². The minimum atomic E-state index is 0.690. The van der Waals surface area contributed by atoms with Crippen LogP contribution in [0.25, 0.3) is 11.1 Å². The molecule has 0 aliphatic rings. The summed E-state index contributed by atoms with van der Waals surface area (Å²) < 4.78 is 5.18. The SMILES string of the molecule is COc1cc(N)cc(-c2ccc(C)nc2)c1. The topological polar surface area (TPSA) is 48.1 Å². The molecule has 3 nitrogen and oxygen atoms in total. The number of nitrogens with two attached hydrogens (primary N) is 1. The van der Waals surface area contributed by atoms with Crippen LogP contribution in [0.1, 0.15) is 5.69 Å². The fourth-order valence-electron chi connectivity index (χ4n) is 1.55. The smallest absolute Gasteiger partial charge is 0.121 e. The molecular formula is C13H14N2O. The van der Waals surface area contributed by atoms with E-state index in [-0.39, 0.29) is 0 Å². The maximum absolute atomic E-state index is 5.80. The number of nitrogen functional groups attached to an aromatic ring is 1. The van der Waals surface area contributed by atoms with Gasteiger partial charge in [-0.15, -0.1) is 0 Å². The van der Waals surface area contributed by atoms with Crippen LogP contribution >= 0.6 is 0 Å². The number of rotatable bonds is 2. The summed E-state index contributed by atoms with van der Waals surface area (Å²) in [4.78, 5) is 4.26. The average molecular weight is 214 g/mol. The van der Waals surface area contributed by atoms with E-state index in [4.69, 9.17) is 10.5 Å². The maximum Gasteiger partial charge on any atom is 0.121 e. The maximum atomic E-state index is 5.80. The van der Waals surface area contributed by atoms with Gasteiger partial charge in [0.25, 0.3) is 0 Å². The number of methoxy groups -OCH3 is 1. The van der Waals surface area contributed by atoms with Gasteiger partial charge in [-0.3, -0.25) is 4.98 Å². The summed E-state index contributed by atoms with van der Waals surface area (Å²) in [6, 6.07) is 9.66. The molecule has 3 heteroatoms. The van der Waals surface area contributed by atoms with E-state index in [2.05, 4.69) is 4.98 Å². The summed E-state index contributed by atoms with van der Waals surface area (Å²) in [6.45, 7) is 1.96. The molecule has 82 valence electrons. The van der Waals surface area contributed by atoms with E-state index in [0.29, 0.717) is 5.69 Å². The molecule has 2 aromatic rings. The van der Waals surface area contributed by atoms with Gasteiger partial charge in [-0.05, 0) is 30.7 Å². The third-order valence-corrected chi connectivity index (χ3v) is 2.41. The number of hydrogen-bond donors (Lipinski definition) is 1. The van der Waals surface area contributed by atoms with Crippen molar-refractivity contribution >= 4 is 5.69 Å². The molecule has 1 aromatic heterocycles. The molecule has 0 saturated carbocycles. The molecule has 16 heavy (non-hydrogen) atoms. The van der Waals surface area contributed by atoms with Crippen molar-refractivity contribution < 1.29 is 4.74 Å². The van der Waals surface area contributed by atoms with Gasteiger partial charge in [0.05, 0.1) is 7.11 Å². The second-order valence-corrected chi connectivity index (χ2v) is 3.68. The number of nitrogens with zero attached hydrogens (tertiary/aromatic N) is 1. The van der Waals surface area contributed by atoms with Crippen LogP contribution in [0.15, 0.2) is 36.5 Å². The van der Waals surface area contributed by atoms with E-state index in [9.17, 15) is 0 Å². The lowest BCUT2D eigenvalue weighted by molar-refractivity contribution is 0.415. The highest BCUT2D eigenvalue weighted by Crippen LogP contribution is 2.26. The van der Waals surface area contributed by atoms with Crippen LogP contribution in [0, 0.1) is 6.92 Å². The Bertz CT molecular complexity index is 492. The Balaban J connectivity index is 2.47. The van der Waals surface area contributed by atoms with Crippen LogP contribution in [0.4, 0.5) is 5.69 Å². The van der Waals surface area contributed by atoms with Crippen LogP contribution in [0.3, 0.4) is 0 Å². The van der Waals surface area contributed by atoms with Gasteiger partial charge in [-0.2, -0.15) is 0 Å². The van der Waals surface area contributed by atoms with Crippen molar-refractivity contribution in [3.63, 3.8) is 0 Å². The number of ether oxygens (including phenoxy) is 1. The van der Waals surface area contributed by atoms with Gasteiger partial charge in [0.2, 0.25) is 0 Å². The standard InChI is InChI=1S/C13H14N2O/c1-9-3-4-10(8-15-9)11-5-12(14)7-13(6-11)16-2/h3-8H,14H2,1-2H3. The minimum Gasteiger partial charge on any atom is -0.497 e. The van der Waals surface area contributed by atoms with Crippen LogP contribution in [-0.2, 0) is 0 Å². The molecule has 0 aliphatic heterocycles. The lowest BCUT2D eigenvalue weighted by atomic mass is 10.1. The number of aromatic nitrogens is 1. The van der Waals surface area contributed by atoms with Crippen molar-refractivity contribution in [2.45, 2.75) is 6.92 Å². The van der Waals surface area contributed by atoms with E-state index >= 15 is 0 Å². The Morgan fingerprint density at radius 2 is 1.94 bits per heavy atom. The van der Waals surface area contributed by atoms with Gasteiger partial charge in [0, 0.05) is 29.2 Å². The quantitative estimate of drug-likeness (QED) is 0.782. The van der Waals surface area contributed by atoms with E-state index in [1.807, 2.05) is 37.4 Å². The average Bonchev–Trinajstić information content (AvgIpc) is 2.29. The Morgan fingerprint density at radius 3 is 2.56 bits per heavy atom. The summed E-state index contributed by atoms with van der Waals surface area (Å²) >= 11 is 0. The Morgan fingerprint density at radius 1 is 1.12 bits per heavy atom. The van der Waals surface area contributed by atoms with Crippen LogP contribution < -0.4 is 10.5 Å². The number of aryl methyl sites for hydroxylation is 1. The zero-order chi connectivity index (χ0) is 11.5. The second kappa shape index (κ2) is 4.23. The van der Waals surface area contributed by atoms with Crippen molar-refractivity contribution in [2.75, 3.05) is 12.8 Å². The summed E-state index contributed by atoms with van der Waals surface area (Å²) in [5.74, 6) is 0.760. The largest absolute Gasteiger partial charge is 0.497 e. The molecule has 2 rings (SSSR count). The summed E-state index contributed by atoms with van der Waals surface area (Å²) in [5, 5.41) is 0. The molecule has 1 aromatic carbocycles. The van der Waals surface area contributed by atoms with Gasteiger partial charge < -0.3 is 10.5 Å². The molecule has 1 heterocycles. The lowest BCUT2D eigenvalue weighted by Crippen LogP contribution is -1.90. The van der Waals surface area contributed by atoms with Gasteiger partial charge in [-0.1, -0.05) is 6.07 Å². The molecule has 0 spiro atoms. The predicted molar refractivity (Wildman–Crippen MR) is 65.4 cm³/mol. The van der Waals surface area contributed by atoms with E-state index < -0.39 is 0 Å². The van der Waals surface area contributed by atoms with Crippen molar-refractivity contribution in [1.82, 2.24) is 4.98 Å². The first-order valence-electron chi connectivity index (χ1n) is 5.06. The van der Waals surface area contributed by atoms with E-state index in [1.165, 1.54) is 0 Å². The predicted octanol–water partition coefficient (Wildman–Crippen LogP) is 2.65. The Hall–Kier alpha value is -2.03. The van der Waals surface area contributed by atoms with Gasteiger partial charge in [0.15, 0.2) is 0 Å². The first-order valence-corrected chi connectivity index (χ1v) is 5.06. The molecule has 0 aliphatic carbocycles. The highest BCUT2D eigenvalue weighted by molar-refractivity contribution is 5.69. The number of benzene rings is 1. The van der Waals surface area contributed by atoms with Crippen molar-refractivity contribution in [3.8, 4) is 16.9 Å². The van der Waals surface area contributed by atoms with E-state index in [1.54, 1.807) is 13.2 Å². The monoisotopic (exact) mass is 214 g/mol. The molecular weight excluding hydrogens is 200 g/mol. The highest BCUT2D eigenvalue weighted by atomic mass is 16.5. The Labute approximate surface area is 94.9 Å². The van der Waals surface area contributed by atoms with Gasteiger partial charge in [0.1, 0.15) is 5.75 Å². The fraction of sp³-hybridized carbons (Fsp3) is 0.154. The molecule has 2 N–H and O–H groups in total. The minimum absolute atomic E-state index is 0.690. The van der Waals surface area contributed by atoms with Gasteiger partial charge in [-0.25, -0.2) is 0 Å². The van der Waals surface area contributed by atoms with Crippen molar-refractivity contribution in [1.29, 1.82) is 0 Å². The molecule has 0 saturated heterocycles. The van der Waals surface area contributed by atoms with Crippen molar-refractivity contribution in [3.05, 3.63) is 42.2 Å². The molecule has 0 bridgehead atoms. The summed E-state index contributed by atoms with van der Waals surface area (Å²) in [5.41, 5.74) is 9.55. The molecule has 0 amide bonds. The fourth-order valence-corrected chi connectivity index (χ4v) is 1.55. The molecule has 0 unspecified atom stereocenters. The van der Waals surface area contributed by atoms with Crippen molar-refractivity contribution in [2.24, 2.45) is 0 Å². The zero-order valence-electron chi connectivity index (χ0n) is 9.40. The number of hydrogen-bond acceptors (Lipinski definition) is 3. The molecule has 0 fully saturated rings. The van der Waals surface area contributed by atoms with Gasteiger partial charge >= 0.3 is 0 Å². The normalized spacial score (nSPS) is 10.1. The summed E-state index contributed by atoms with van der Waals surface area (Å²) in [7, 11) is 1.63.